The zero-order valence-electron chi connectivity index (χ0n) is 9.71. The molecule has 1 N–H and O–H groups in total. The van der Waals surface area contributed by atoms with Crippen LogP contribution in [0.25, 0.3) is 0 Å². The molecule has 2 aromatic rings. The molecule has 0 aliphatic carbocycles. The summed E-state index contributed by atoms with van der Waals surface area (Å²) in [5.74, 6) is 0. The van der Waals surface area contributed by atoms with Crippen molar-refractivity contribution in [2.45, 2.75) is 4.90 Å². The minimum Gasteiger partial charge on any atom is -0.278 e. The third-order valence-electron chi connectivity index (χ3n) is 2.25. The third kappa shape index (κ3) is 3.25. The minimum atomic E-state index is -3.82. The molecule has 9 heteroatoms. The van der Waals surface area contributed by atoms with Crippen molar-refractivity contribution in [2.24, 2.45) is 0 Å². The van der Waals surface area contributed by atoms with E-state index in [1.165, 1.54) is 18.2 Å². The first-order valence-electron chi connectivity index (χ1n) is 5.12. The second-order valence-electron chi connectivity index (χ2n) is 3.60. The van der Waals surface area contributed by atoms with E-state index in [9.17, 15) is 8.42 Å². The quantitative estimate of drug-likeness (QED) is 0.834. The minimum absolute atomic E-state index is 0.0384. The predicted octanol–water partition coefficient (Wildman–Crippen LogP) is 2.56. The highest BCUT2D eigenvalue weighted by Crippen LogP contribution is 2.25. The van der Waals surface area contributed by atoms with Crippen LogP contribution in [0, 0.1) is 11.3 Å². The molecule has 1 heterocycles. The van der Waals surface area contributed by atoms with Crippen LogP contribution in [0.3, 0.4) is 0 Å². The van der Waals surface area contributed by atoms with Crippen molar-refractivity contribution in [3.8, 4) is 6.07 Å². The molecule has 0 aliphatic heterocycles. The Morgan fingerprint density at radius 3 is 2.50 bits per heavy atom. The number of halogens is 2. The summed E-state index contributed by atoms with van der Waals surface area (Å²) in [6, 6.07) is 6.45. The third-order valence-corrected chi connectivity index (χ3v) is 4.42. The lowest BCUT2D eigenvalue weighted by Gasteiger charge is -2.09. The van der Waals surface area contributed by atoms with Crippen LogP contribution in [0.4, 0.5) is 5.69 Å². The van der Waals surface area contributed by atoms with E-state index in [0.29, 0.717) is 15.7 Å². The highest BCUT2D eigenvalue weighted by atomic mass is 79.9. The highest BCUT2D eigenvalue weighted by molar-refractivity contribution is 9.10. The lowest BCUT2D eigenvalue weighted by atomic mass is 10.2. The van der Waals surface area contributed by atoms with Crippen LogP contribution in [0.5, 0.6) is 0 Å². The van der Waals surface area contributed by atoms with Crippen LogP contribution in [0.15, 0.2) is 40.0 Å². The van der Waals surface area contributed by atoms with E-state index in [1.54, 1.807) is 0 Å². The smallest absolute Gasteiger partial charge is 0.265 e. The number of hydrogen-bond donors (Lipinski definition) is 1. The van der Waals surface area contributed by atoms with E-state index < -0.39 is 10.0 Å². The summed E-state index contributed by atoms with van der Waals surface area (Å²) in [4.78, 5) is 7.12. The molecular weight excluding hydrogens is 368 g/mol. The number of anilines is 1. The molecule has 0 unspecified atom stereocenters. The molecule has 2 rings (SSSR count). The second kappa shape index (κ2) is 5.75. The lowest BCUT2D eigenvalue weighted by Crippen LogP contribution is -2.14. The molecule has 0 radical (unpaired) electrons. The molecule has 0 bridgehead atoms. The van der Waals surface area contributed by atoms with E-state index in [-0.39, 0.29) is 10.2 Å². The maximum Gasteiger partial charge on any atom is 0.265 e. The summed E-state index contributed by atoms with van der Waals surface area (Å²) >= 11 is 8.70. The average molecular weight is 374 g/mol. The zero-order chi connectivity index (χ0) is 14.8. The molecular formula is C11H6BrClN4O2S. The number of aromatic nitrogens is 2. The van der Waals surface area contributed by atoms with Gasteiger partial charge in [0.2, 0.25) is 5.28 Å². The van der Waals surface area contributed by atoms with E-state index in [1.807, 2.05) is 6.07 Å². The summed E-state index contributed by atoms with van der Waals surface area (Å²) in [5.41, 5.74) is 0.716. The van der Waals surface area contributed by atoms with Crippen molar-refractivity contribution in [3.05, 3.63) is 45.9 Å². The van der Waals surface area contributed by atoms with Crippen molar-refractivity contribution >= 4 is 43.2 Å². The lowest BCUT2D eigenvalue weighted by molar-refractivity contribution is 0.600. The number of sulfonamides is 1. The Balaban J connectivity index is 2.34. The Morgan fingerprint density at radius 2 is 1.95 bits per heavy atom. The van der Waals surface area contributed by atoms with Crippen LogP contribution in [0.2, 0.25) is 5.28 Å². The van der Waals surface area contributed by atoms with Crippen LogP contribution in [-0.2, 0) is 10.0 Å². The standard InChI is InChI=1S/C11H6BrClN4O2S/c12-9-3-7(4-14)1-2-10(9)17-20(18,19)8-5-15-11(13)16-6-8/h1-3,5-6,17H. The summed E-state index contributed by atoms with van der Waals surface area (Å²) in [5, 5.41) is 8.71. The molecule has 0 saturated carbocycles. The topological polar surface area (TPSA) is 95.7 Å². The largest absolute Gasteiger partial charge is 0.278 e. The van der Waals surface area contributed by atoms with E-state index in [2.05, 4.69) is 30.6 Å². The Labute approximate surface area is 128 Å². The first-order valence-corrected chi connectivity index (χ1v) is 7.78. The number of nitrogens with one attached hydrogen (secondary N) is 1. The Hall–Kier alpha value is -1.69. The van der Waals surface area contributed by atoms with Gasteiger partial charge in [-0.25, -0.2) is 18.4 Å². The summed E-state index contributed by atoms with van der Waals surface area (Å²) in [6.07, 6.45) is 2.21. The van der Waals surface area contributed by atoms with Crippen LogP contribution >= 0.6 is 27.5 Å². The molecule has 1 aromatic heterocycles. The van der Waals surface area contributed by atoms with Gasteiger partial charge < -0.3 is 0 Å². The van der Waals surface area contributed by atoms with Crippen molar-refractivity contribution in [1.29, 1.82) is 5.26 Å². The van der Waals surface area contributed by atoms with Gasteiger partial charge in [-0.3, -0.25) is 4.72 Å². The fourth-order valence-corrected chi connectivity index (χ4v) is 2.99. The van der Waals surface area contributed by atoms with Gasteiger partial charge in [-0.2, -0.15) is 5.26 Å². The van der Waals surface area contributed by atoms with Crippen molar-refractivity contribution in [1.82, 2.24) is 9.97 Å². The van der Waals surface area contributed by atoms with Gasteiger partial charge >= 0.3 is 0 Å². The Morgan fingerprint density at radius 1 is 1.30 bits per heavy atom. The summed E-state index contributed by atoms with van der Waals surface area (Å²) < 4.78 is 27.0. The van der Waals surface area contributed by atoms with Crippen molar-refractivity contribution < 1.29 is 8.42 Å². The van der Waals surface area contributed by atoms with E-state index >= 15 is 0 Å². The average Bonchev–Trinajstić information content (AvgIpc) is 2.41. The van der Waals surface area contributed by atoms with Gasteiger partial charge in [-0.1, -0.05) is 0 Å². The number of rotatable bonds is 3. The molecule has 0 spiro atoms. The van der Waals surface area contributed by atoms with E-state index in [4.69, 9.17) is 16.9 Å². The molecule has 0 atom stereocenters. The Bertz CT molecular complexity index is 787. The monoisotopic (exact) mass is 372 g/mol. The van der Waals surface area contributed by atoms with Gasteiger partial charge in [0.15, 0.2) is 0 Å². The van der Waals surface area contributed by atoms with Crippen LogP contribution in [-0.4, -0.2) is 18.4 Å². The van der Waals surface area contributed by atoms with Crippen LogP contribution in [0.1, 0.15) is 5.56 Å². The SMILES string of the molecule is N#Cc1ccc(NS(=O)(=O)c2cnc(Cl)nc2)c(Br)c1. The van der Waals surface area contributed by atoms with Crippen molar-refractivity contribution in [3.63, 3.8) is 0 Å². The number of benzene rings is 1. The number of nitriles is 1. The predicted molar refractivity (Wildman–Crippen MR) is 76.7 cm³/mol. The van der Waals surface area contributed by atoms with Gasteiger partial charge in [0.05, 0.1) is 29.7 Å². The van der Waals surface area contributed by atoms with Gasteiger partial charge in [-0.15, -0.1) is 0 Å². The molecule has 1 aromatic carbocycles. The van der Waals surface area contributed by atoms with Gasteiger partial charge in [0, 0.05) is 4.47 Å². The first-order chi connectivity index (χ1) is 9.42. The van der Waals surface area contributed by atoms with Gasteiger partial charge in [0.25, 0.3) is 10.0 Å². The summed E-state index contributed by atoms with van der Waals surface area (Å²) in [6.45, 7) is 0. The second-order valence-corrected chi connectivity index (χ2v) is 6.47. The molecule has 0 amide bonds. The molecule has 0 fully saturated rings. The molecule has 6 nitrogen and oxygen atoms in total. The summed E-state index contributed by atoms with van der Waals surface area (Å²) in [7, 11) is -3.82. The number of nitrogens with zero attached hydrogens (tertiary/aromatic N) is 3. The number of hydrogen-bond acceptors (Lipinski definition) is 5. The van der Waals surface area contributed by atoms with E-state index in [0.717, 1.165) is 12.4 Å². The van der Waals surface area contributed by atoms with Crippen molar-refractivity contribution in [2.75, 3.05) is 4.72 Å². The zero-order valence-corrected chi connectivity index (χ0v) is 12.9. The first kappa shape index (κ1) is 14.7. The van der Waals surface area contributed by atoms with Gasteiger partial charge in [-0.05, 0) is 45.7 Å². The molecule has 20 heavy (non-hydrogen) atoms. The Kier molecular flexibility index (Phi) is 4.23. The maximum absolute atomic E-state index is 12.1. The van der Waals surface area contributed by atoms with Gasteiger partial charge in [0.1, 0.15) is 4.90 Å². The normalized spacial score (nSPS) is 10.8. The highest BCUT2D eigenvalue weighted by Gasteiger charge is 2.16. The fourth-order valence-electron chi connectivity index (χ4n) is 1.31. The molecule has 0 saturated heterocycles. The maximum atomic E-state index is 12.1. The molecule has 0 aliphatic rings. The fraction of sp³-hybridized carbons (Fsp3) is 0. The van der Waals surface area contributed by atoms with Crippen LogP contribution < -0.4 is 4.72 Å². The molecule has 102 valence electrons.